The second-order valence-electron chi connectivity index (χ2n) is 9.68. The summed E-state index contributed by atoms with van der Waals surface area (Å²) in [6.45, 7) is 4.42. The monoisotopic (exact) mass is 431 g/mol. The third-order valence-corrected chi connectivity index (χ3v) is 7.99. The molecule has 4 fully saturated rings. The van der Waals surface area contributed by atoms with E-state index in [0.29, 0.717) is 50.9 Å². The molecule has 0 aromatic heterocycles. The van der Waals surface area contributed by atoms with Crippen LogP contribution in [0.2, 0.25) is 0 Å². The first-order valence-electron chi connectivity index (χ1n) is 11.1. The van der Waals surface area contributed by atoms with Gasteiger partial charge in [-0.3, -0.25) is 15.0 Å². The van der Waals surface area contributed by atoms with Gasteiger partial charge < -0.3 is 21.5 Å². The number of β-amino-alcohol motifs (C(OH)–C–C–N with tert-alkyl or cyclic N) is 1. The number of carbonyl (C=O) groups excluding carboxylic acids is 1. The number of carbonyl (C=O) groups is 1. The van der Waals surface area contributed by atoms with Crippen LogP contribution in [0.25, 0.3) is 0 Å². The van der Waals surface area contributed by atoms with Crippen LogP contribution in [-0.4, -0.2) is 77.6 Å². The lowest BCUT2D eigenvalue weighted by molar-refractivity contribution is -0.127. The van der Waals surface area contributed by atoms with E-state index in [0.717, 1.165) is 19.3 Å². The topological polar surface area (TPSA) is 103 Å². The third-order valence-electron chi connectivity index (χ3n) is 7.38. The number of alkyl halides is 2. The van der Waals surface area contributed by atoms with Crippen molar-refractivity contribution in [1.82, 2.24) is 20.9 Å². The molecule has 6 N–H and O–H groups in total. The van der Waals surface area contributed by atoms with Crippen molar-refractivity contribution in [1.29, 1.82) is 0 Å². The Balaban J connectivity index is 1.41. The molecule has 0 bridgehead atoms. The normalized spacial score (nSPS) is 45.1. The molecule has 7 nitrogen and oxygen atoms in total. The fourth-order valence-electron chi connectivity index (χ4n) is 5.05. The van der Waals surface area contributed by atoms with E-state index in [1.165, 1.54) is 0 Å². The van der Waals surface area contributed by atoms with Crippen LogP contribution >= 0.6 is 11.6 Å². The average Bonchev–Trinajstić information content (AvgIpc) is 3.37. The zero-order valence-corrected chi connectivity index (χ0v) is 17.9. The first-order valence-corrected chi connectivity index (χ1v) is 11.5. The van der Waals surface area contributed by atoms with Gasteiger partial charge >= 0.3 is 0 Å². The number of amides is 1. The molecule has 2 saturated heterocycles. The minimum atomic E-state index is -1.66. The lowest BCUT2D eigenvalue weighted by Crippen LogP contribution is -2.68. The van der Waals surface area contributed by atoms with Gasteiger partial charge in [0.05, 0.1) is 18.4 Å². The van der Waals surface area contributed by atoms with E-state index in [1.54, 1.807) is 0 Å². The Hall–Kier alpha value is -0.510. The van der Waals surface area contributed by atoms with Crippen molar-refractivity contribution in [2.45, 2.75) is 74.6 Å². The van der Waals surface area contributed by atoms with Gasteiger partial charge in [-0.2, -0.15) is 0 Å². The van der Waals surface area contributed by atoms with Crippen molar-refractivity contribution in [3.05, 3.63) is 0 Å². The number of rotatable bonds is 5. The van der Waals surface area contributed by atoms with Gasteiger partial charge in [-0.15, -0.1) is 11.6 Å². The summed E-state index contributed by atoms with van der Waals surface area (Å²) in [5, 5.41) is 20.4. The molecule has 2 heterocycles. The molecular formula is C20H35ClFN5O2. The van der Waals surface area contributed by atoms with E-state index in [4.69, 9.17) is 17.3 Å². The molecule has 2 aliphatic heterocycles. The Morgan fingerprint density at radius 2 is 2.14 bits per heavy atom. The molecule has 166 valence electrons. The Morgan fingerprint density at radius 1 is 1.38 bits per heavy atom. The first kappa shape index (κ1) is 21.7. The highest BCUT2D eigenvalue weighted by Gasteiger charge is 2.51. The second kappa shape index (κ2) is 8.55. The number of halogens is 2. The van der Waals surface area contributed by atoms with E-state index in [1.807, 2.05) is 0 Å². The van der Waals surface area contributed by atoms with Crippen LogP contribution < -0.4 is 21.7 Å². The zero-order valence-electron chi connectivity index (χ0n) is 17.1. The lowest BCUT2D eigenvalue weighted by Gasteiger charge is -2.47. The summed E-state index contributed by atoms with van der Waals surface area (Å²) in [5.41, 5.74) is 4.39. The molecule has 9 heteroatoms. The standard InChI is InChI=1S/C20H35ClFN5O2/c1-11-2-3-12(6-14(11)21)17-24-7-13(8-25-19(29)20(22)4-5-20)18(26-17)27-9-15(23)16(28)10-27/h11-18,24,26,28H,2-10,23H2,1H3,(H,25,29)/t11?,12?,13?,14?,15-,16+,17?,18?/m1/s1. The van der Waals surface area contributed by atoms with Crippen molar-refractivity contribution in [3.63, 3.8) is 0 Å². The lowest BCUT2D eigenvalue weighted by atomic mass is 9.80. The number of nitrogens with two attached hydrogens (primary N) is 1. The Bertz CT molecular complexity index is 599. The molecule has 1 amide bonds. The Labute approximate surface area is 177 Å². The maximum Gasteiger partial charge on any atom is 0.257 e. The van der Waals surface area contributed by atoms with E-state index in [2.05, 4.69) is 27.8 Å². The Morgan fingerprint density at radius 3 is 2.76 bits per heavy atom. The van der Waals surface area contributed by atoms with E-state index >= 15 is 0 Å². The maximum absolute atomic E-state index is 14.0. The first-order chi connectivity index (χ1) is 13.8. The predicted octanol–water partition coefficient (Wildman–Crippen LogP) is 0.113. The van der Waals surface area contributed by atoms with Crippen LogP contribution in [0.4, 0.5) is 4.39 Å². The molecular weight excluding hydrogens is 397 g/mol. The molecule has 6 unspecified atom stereocenters. The number of likely N-dealkylation sites (tertiary alicyclic amines) is 1. The average molecular weight is 432 g/mol. The fraction of sp³-hybridized carbons (Fsp3) is 0.950. The van der Waals surface area contributed by atoms with Gasteiger partial charge in [0.1, 0.15) is 0 Å². The molecule has 0 spiro atoms. The van der Waals surface area contributed by atoms with Crippen molar-refractivity contribution >= 4 is 17.5 Å². The van der Waals surface area contributed by atoms with Crippen LogP contribution in [0.5, 0.6) is 0 Å². The van der Waals surface area contributed by atoms with Gasteiger partial charge in [-0.05, 0) is 43.9 Å². The maximum atomic E-state index is 14.0. The quantitative estimate of drug-likeness (QED) is 0.396. The SMILES string of the molecule is CC1CCC(C2NCC(CNC(=O)C3(F)CC3)C(N3C[C@@H](N)[C@@H](O)C3)N2)CC1Cl. The van der Waals surface area contributed by atoms with Crippen LogP contribution in [0.15, 0.2) is 0 Å². The molecule has 2 saturated carbocycles. The summed E-state index contributed by atoms with van der Waals surface area (Å²) >= 11 is 6.55. The highest BCUT2D eigenvalue weighted by Crippen LogP contribution is 2.40. The van der Waals surface area contributed by atoms with Crippen molar-refractivity contribution in [2.75, 3.05) is 26.2 Å². The molecule has 0 aromatic carbocycles. The number of nitrogens with zero attached hydrogens (tertiary/aromatic N) is 1. The predicted molar refractivity (Wildman–Crippen MR) is 110 cm³/mol. The van der Waals surface area contributed by atoms with Gasteiger partial charge in [0, 0.05) is 43.5 Å². The van der Waals surface area contributed by atoms with E-state index < -0.39 is 17.7 Å². The Kier molecular flexibility index (Phi) is 6.40. The summed E-state index contributed by atoms with van der Waals surface area (Å²) in [6.07, 6.45) is 3.39. The summed E-state index contributed by atoms with van der Waals surface area (Å²) in [5.74, 6) is 0.540. The van der Waals surface area contributed by atoms with Crippen molar-refractivity contribution < 1.29 is 14.3 Å². The summed E-state index contributed by atoms with van der Waals surface area (Å²) < 4.78 is 14.0. The summed E-state index contributed by atoms with van der Waals surface area (Å²) in [6, 6.07) is -0.274. The van der Waals surface area contributed by atoms with Crippen LogP contribution in [0.3, 0.4) is 0 Å². The van der Waals surface area contributed by atoms with Crippen LogP contribution in [0, 0.1) is 17.8 Å². The fourth-order valence-corrected chi connectivity index (χ4v) is 5.40. The molecule has 2 aliphatic carbocycles. The van der Waals surface area contributed by atoms with Gasteiger partial charge in [0.15, 0.2) is 5.67 Å². The zero-order chi connectivity index (χ0) is 20.8. The highest BCUT2D eigenvalue weighted by molar-refractivity contribution is 6.20. The number of aliphatic hydroxyl groups is 1. The van der Waals surface area contributed by atoms with Crippen LogP contribution in [0.1, 0.15) is 39.0 Å². The highest BCUT2D eigenvalue weighted by atomic mass is 35.5. The van der Waals surface area contributed by atoms with Gasteiger partial charge in [0.25, 0.3) is 5.91 Å². The molecule has 29 heavy (non-hydrogen) atoms. The minimum Gasteiger partial charge on any atom is -0.390 e. The number of nitrogens with one attached hydrogen (secondary N) is 3. The molecule has 4 aliphatic rings. The van der Waals surface area contributed by atoms with Gasteiger partial charge in [-0.25, -0.2) is 4.39 Å². The minimum absolute atomic E-state index is 0.0346. The van der Waals surface area contributed by atoms with Crippen molar-refractivity contribution in [3.8, 4) is 0 Å². The van der Waals surface area contributed by atoms with Crippen LogP contribution in [-0.2, 0) is 4.79 Å². The molecule has 4 rings (SSSR count). The van der Waals surface area contributed by atoms with Gasteiger partial charge in [0.2, 0.25) is 0 Å². The summed E-state index contributed by atoms with van der Waals surface area (Å²) in [4.78, 5) is 14.2. The number of hydrogen-bond acceptors (Lipinski definition) is 6. The molecule has 0 aromatic rings. The smallest absolute Gasteiger partial charge is 0.257 e. The summed E-state index contributed by atoms with van der Waals surface area (Å²) in [7, 11) is 0. The largest absolute Gasteiger partial charge is 0.390 e. The van der Waals surface area contributed by atoms with E-state index in [-0.39, 0.29) is 29.7 Å². The van der Waals surface area contributed by atoms with E-state index in [9.17, 15) is 14.3 Å². The third kappa shape index (κ3) is 4.72. The number of aliphatic hydroxyl groups excluding tert-OH is 1. The van der Waals surface area contributed by atoms with Gasteiger partial charge in [-0.1, -0.05) is 6.92 Å². The molecule has 0 radical (unpaired) electrons. The van der Waals surface area contributed by atoms with Crippen molar-refractivity contribution in [2.24, 2.45) is 23.5 Å². The molecule has 8 atom stereocenters. The number of hydrogen-bond donors (Lipinski definition) is 5. The second-order valence-corrected chi connectivity index (χ2v) is 10.2.